The Morgan fingerprint density at radius 1 is 1.21 bits per heavy atom. The van der Waals surface area contributed by atoms with Gasteiger partial charge < -0.3 is 19.7 Å². The van der Waals surface area contributed by atoms with Crippen LogP contribution in [0, 0.1) is 5.92 Å². The Hall–Kier alpha value is -1.24. The number of carbonyl (C=O) groups is 1. The topological polar surface area (TPSA) is 84.8 Å². The number of rotatable bonds is 12. The molecule has 0 bridgehead atoms. The van der Waals surface area contributed by atoms with E-state index in [0.29, 0.717) is 17.7 Å². The van der Waals surface area contributed by atoms with E-state index in [-0.39, 0.29) is 32.8 Å². The van der Waals surface area contributed by atoms with Crippen LogP contribution in [0.3, 0.4) is 0 Å². The van der Waals surface area contributed by atoms with Gasteiger partial charge in [0.25, 0.3) is 0 Å². The van der Waals surface area contributed by atoms with Crippen molar-refractivity contribution in [2.45, 2.75) is 74.7 Å². The van der Waals surface area contributed by atoms with Gasteiger partial charge >= 0.3 is 69.5 Å². The van der Waals surface area contributed by atoms with E-state index < -0.39 is 12.0 Å². The molecule has 0 saturated heterocycles. The van der Waals surface area contributed by atoms with Crippen LogP contribution in [0.2, 0.25) is 8.87 Å². The number of carboxylic acids is 1. The van der Waals surface area contributed by atoms with Gasteiger partial charge in [-0.05, 0) is 23.6 Å². The van der Waals surface area contributed by atoms with E-state index in [0.717, 1.165) is 0 Å². The zero-order valence-electron chi connectivity index (χ0n) is 18.0. The summed E-state index contributed by atoms with van der Waals surface area (Å²) < 4.78 is 8.17. The molecule has 0 aliphatic carbocycles. The van der Waals surface area contributed by atoms with Crippen molar-refractivity contribution in [3.63, 3.8) is 0 Å². The molecule has 0 aromatic heterocycles. The number of carbonyl (C=O) groups excluding carboxylic acids is 1. The van der Waals surface area contributed by atoms with Crippen LogP contribution in [0.15, 0.2) is 23.2 Å². The SMILES string of the molecule is CCC[CH2][Sn+2][CH2]CCC.CC[C@H](C)[C@H](N=Cc1ccc(OC)cc1[O-])C(=O)[O-]. The van der Waals surface area contributed by atoms with Crippen molar-refractivity contribution in [2.24, 2.45) is 10.9 Å². The number of carboxylic acid groups (broad SMARTS) is 1. The molecule has 28 heavy (non-hydrogen) atoms. The van der Waals surface area contributed by atoms with Crippen molar-refractivity contribution in [3.05, 3.63) is 23.8 Å². The number of hydrogen-bond acceptors (Lipinski definition) is 5. The Balaban J connectivity index is 0.000000684. The largest absolute Gasteiger partial charge is 0.872 e. The summed E-state index contributed by atoms with van der Waals surface area (Å²) in [4.78, 5) is 14.9. The third-order valence-corrected chi connectivity index (χ3v) is 8.47. The molecule has 5 nitrogen and oxygen atoms in total. The average molecular weight is 496 g/mol. The second-order valence-electron chi connectivity index (χ2n) is 6.79. The quantitative estimate of drug-likeness (QED) is 0.252. The maximum absolute atomic E-state index is 11.7. The normalized spacial score (nSPS) is 12.6. The first-order chi connectivity index (χ1) is 13.4. The van der Waals surface area contributed by atoms with Gasteiger partial charge in [-0.15, -0.1) is 0 Å². The molecule has 156 valence electrons. The maximum atomic E-state index is 11.7. The standard InChI is InChI=1S/C14H19NO4.2C4H9.Sn/c1-4-9(2)13(14(17)18)15-8-10-5-6-11(19-3)7-12(10)16;2*1-3-4-2;/h5-9,13,16H,4H2,1-3H3,(H,17,18);2*1,3-4H2,2H3;/q;;;+2/p-2/t9-,13-;;;/m0.../s1. The molecule has 0 saturated carbocycles. The molecule has 2 atom stereocenters. The van der Waals surface area contributed by atoms with E-state index in [2.05, 4.69) is 18.8 Å². The molecule has 0 radical (unpaired) electrons. The Labute approximate surface area is 180 Å². The van der Waals surface area contributed by atoms with Gasteiger partial charge in [0.1, 0.15) is 5.75 Å². The van der Waals surface area contributed by atoms with Crippen LogP contribution in [-0.2, 0) is 4.79 Å². The predicted molar refractivity (Wildman–Crippen MR) is 113 cm³/mol. The number of benzene rings is 1. The summed E-state index contributed by atoms with van der Waals surface area (Å²) >= 11 is 0.149. The zero-order chi connectivity index (χ0) is 21.4. The van der Waals surface area contributed by atoms with Crippen LogP contribution in [0.25, 0.3) is 0 Å². The van der Waals surface area contributed by atoms with Crippen molar-refractivity contribution < 1.29 is 19.7 Å². The van der Waals surface area contributed by atoms with Crippen LogP contribution in [0.5, 0.6) is 11.5 Å². The van der Waals surface area contributed by atoms with Crippen molar-refractivity contribution in [1.29, 1.82) is 0 Å². The first-order valence-electron chi connectivity index (χ1n) is 10.2. The molecule has 1 rings (SSSR count). The molecule has 1 aromatic rings. The third kappa shape index (κ3) is 11.6. The fourth-order valence-corrected chi connectivity index (χ4v) is 6.46. The van der Waals surface area contributed by atoms with E-state index >= 15 is 0 Å². The maximum Gasteiger partial charge on any atom is 0.118 e. The molecule has 0 spiro atoms. The first kappa shape index (κ1) is 26.8. The minimum Gasteiger partial charge on any atom is -0.872 e. The van der Waals surface area contributed by atoms with Crippen LogP contribution in [-0.4, -0.2) is 46.5 Å². The summed E-state index contributed by atoms with van der Waals surface area (Å²) in [6, 6.07) is 3.57. The van der Waals surface area contributed by atoms with Crippen molar-refractivity contribution >= 4 is 33.3 Å². The number of aliphatic carboxylic acids is 1. The number of methoxy groups -OCH3 is 1. The van der Waals surface area contributed by atoms with E-state index in [1.807, 2.05) is 6.92 Å². The number of aliphatic imine (C=N–C) groups is 1. The Bertz CT molecular complexity index is 572. The second kappa shape index (κ2) is 16.7. The molecule has 0 N–H and O–H groups in total. The molecule has 6 heteroatoms. The summed E-state index contributed by atoms with van der Waals surface area (Å²) in [5.74, 6) is -1.17. The van der Waals surface area contributed by atoms with Gasteiger partial charge in [0.15, 0.2) is 0 Å². The smallest absolute Gasteiger partial charge is 0.118 e. The van der Waals surface area contributed by atoms with Crippen LogP contribution in [0.1, 0.15) is 65.4 Å². The van der Waals surface area contributed by atoms with E-state index in [9.17, 15) is 15.0 Å². The van der Waals surface area contributed by atoms with Gasteiger partial charge in [0.05, 0.1) is 19.1 Å². The molecule has 0 unspecified atom stereocenters. The van der Waals surface area contributed by atoms with Crippen molar-refractivity contribution in [3.8, 4) is 11.5 Å². The zero-order valence-corrected chi connectivity index (χ0v) is 20.8. The molecule has 0 aliphatic rings. The fourth-order valence-electron chi connectivity index (χ4n) is 2.30. The molecule has 0 fully saturated rings. The summed E-state index contributed by atoms with van der Waals surface area (Å²) in [5.41, 5.74) is 0.329. The van der Waals surface area contributed by atoms with Gasteiger partial charge in [-0.25, -0.2) is 0 Å². The number of unbranched alkanes of at least 4 members (excludes halogenated alkanes) is 2. The number of ether oxygens (including phenoxy) is 1. The minimum absolute atomic E-state index is 0.144. The number of hydrogen-bond donors (Lipinski definition) is 0. The fraction of sp³-hybridized carbons (Fsp3) is 0.636. The summed E-state index contributed by atoms with van der Waals surface area (Å²) in [6.07, 6.45) is 7.79. The van der Waals surface area contributed by atoms with Gasteiger partial charge in [-0.2, -0.15) is 0 Å². The van der Waals surface area contributed by atoms with Gasteiger partial charge in [-0.1, -0.05) is 32.1 Å². The molecule has 0 heterocycles. The molecule has 1 aromatic carbocycles. The first-order valence-corrected chi connectivity index (χ1v) is 14.2. The molecule has 0 aliphatic heterocycles. The van der Waals surface area contributed by atoms with E-state index in [4.69, 9.17) is 4.74 Å². The minimum atomic E-state index is -1.23. The van der Waals surface area contributed by atoms with E-state index in [1.54, 1.807) is 27.9 Å². The Kier molecular flexibility index (Phi) is 15.9. The molecular weight excluding hydrogens is 461 g/mol. The van der Waals surface area contributed by atoms with Gasteiger partial charge in [-0.3, -0.25) is 4.99 Å². The summed E-state index contributed by atoms with van der Waals surface area (Å²) in [6.45, 7) is 8.24. The third-order valence-electron chi connectivity index (χ3n) is 4.43. The van der Waals surface area contributed by atoms with Crippen molar-refractivity contribution in [1.82, 2.24) is 0 Å². The molecule has 0 amide bonds. The second-order valence-corrected chi connectivity index (χ2v) is 11.1. The monoisotopic (exact) mass is 497 g/mol. The van der Waals surface area contributed by atoms with Gasteiger partial charge in [0.2, 0.25) is 0 Å². The van der Waals surface area contributed by atoms with Gasteiger partial charge in [0, 0.05) is 6.21 Å². The molecular formula is C22H35NO4Sn. The Morgan fingerprint density at radius 2 is 1.82 bits per heavy atom. The van der Waals surface area contributed by atoms with Crippen LogP contribution < -0.4 is 14.9 Å². The number of nitrogens with zero attached hydrogens (tertiary/aromatic N) is 1. The van der Waals surface area contributed by atoms with Crippen molar-refractivity contribution in [2.75, 3.05) is 7.11 Å². The summed E-state index contributed by atoms with van der Waals surface area (Å²) in [7, 11) is 1.47. The Morgan fingerprint density at radius 3 is 2.25 bits per heavy atom. The van der Waals surface area contributed by atoms with Crippen LogP contribution >= 0.6 is 0 Å². The predicted octanol–water partition coefficient (Wildman–Crippen LogP) is 3.48. The van der Waals surface area contributed by atoms with E-state index in [1.165, 1.54) is 45.1 Å². The summed E-state index contributed by atoms with van der Waals surface area (Å²) in [5, 5.41) is 22.7. The average Bonchev–Trinajstić information content (AvgIpc) is 2.69. The van der Waals surface area contributed by atoms with Crippen LogP contribution in [0.4, 0.5) is 0 Å².